The van der Waals surface area contributed by atoms with Gasteiger partial charge in [-0.15, -0.1) is 12.4 Å². The van der Waals surface area contributed by atoms with Crippen molar-refractivity contribution in [3.05, 3.63) is 35.4 Å². The maximum Gasteiger partial charge on any atom is 0.236 e. The monoisotopic (exact) mass is 344 g/mol. The van der Waals surface area contributed by atoms with E-state index in [1.807, 2.05) is 6.26 Å². The lowest BCUT2D eigenvalue weighted by atomic mass is 9.84. The van der Waals surface area contributed by atoms with Crippen LogP contribution in [0.4, 0.5) is 0 Å². The van der Waals surface area contributed by atoms with E-state index in [4.69, 9.17) is 5.73 Å². The van der Waals surface area contributed by atoms with Gasteiger partial charge in [-0.25, -0.2) is 0 Å². The fraction of sp³-hybridized carbons (Fsp3) is 0.588. The molecule has 5 heteroatoms. The van der Waals surface area contributed by atoms with Crippen LogP contribution in [-0.4, -0.2) is 30.5 Å². The highest BCUT2D eigenvalue weighted by molar-refractivity contribution is 7.98. The largest absolute Gasteiger partial charge is 0.354 e. The van der Waals surface area contributed by atoms with Gasteiger partial charge in [-0.1, -0.05) is 45.0 Å². The Kier molecular flexibility index (Phi) is 9.81. The SMILES string of the molecule is CCc1ccc(C(C)(C)CNC(=O)[C@@H](N)CCSC)cc1.Cl. The predicted octanol–water partition coefficient (Wildman–Crippen LogP) is 3.15. The first-order chi connectivity index (χ1) is 9.90. The summed E-state index contributed by atoms with van der Waals surface area (Å²) >= 11 is 1.71. The Morgan fingerprint density at radius 3 is 2.41 bits per heavy atom. The summed E-state index contributed by atoms with van der Waals surface area (Å²) in [5, 5.41) is 2.99. The molecule has 0 radical (unpaired) electrons. The fourth-order valence-electron chi connectivity index (χ4n) is 2.11. The summed E-state index contributed by atoms with van der Waals surface area (Å²) in [6.07, 6.45) is 3.79. The second-order valence-corrected chi connectivity index (χ2v) is 7.03. The molecule has 0 saturated carbocycles. The zero-order valence-electron chi connectivity index (χ0n) is 14.0. The third-order valence-corrected chi connectivity index (χ3v) is 4.46. The second kappa shape index (κ2) is 10.1. The fourth-order valence-corrected chi connectivity index (χ4v) is 2.60. The average molecular weight is 345 g/mol. The Labute approximate surface area is 145 Å². The minimum Gasteiger partial charge on any atom is -0.354 e. The van der Waals surface area contributed by atoms with Gasteiger partial charge < -0.3 is 11.1 Å². The van der Waals surface area contributed by atoms with Crippen molar-refractivity contribution < 1.29 is 4.79 Å². The maximum atomic E-state index is 12.0. The summed E-state index contributed by atoms with van der Waals surface area (Å²) in [6.45, 7) is 7.03. The molecule has 0 spiro atoms. The van der Waals surface area contributed by atoms with Gasteiger partial charge in [0.2, 0.25) is 5.91 Å². The first-order valence-electron chi connectivity index (χ1n) is 7.52. The van der Waals surface area contributed by atoms with Crippen LogP contribution in [0.1, 0.15) is 38.3 Å². The molecule has 1 atom stereocenters. The summed E-state index contributed by atoms with van der Waals surface area (Å²) < 4.78 is 0. The van der Waals surface area contributed by atoms with Crippen molar-refractivity contribution in [1.29, 1.82) is 0 Å². The van der Waals surface area contributed by atoms with E-state index in [0.29, 0.717) is 6.54 Å². The van der Waals surface area contributed by atoms with Crippen molar-refractivity contribution in [2.45, 2.75) is 45.1 Å². The molecule has 0 aliphatic carbocycles. The highest BCUT2D eigenvalue weighted by Gasteiger charge is 2.22. The number of carbonyl (C=O) groups excluding carboxylic acids is 1. The third kappa shape index (κ3) is 6.59. The van der Waals surface area contributed by atoms with Gasteiger partial charge in [-0.3, -0.25) is 4.79 Å². The number of nitrogens with one attached hydrogen (secondary N) is 1. The number of thioether (sulfide) groups is 1. The standard InChI is InChI=1S/C17H28N2OS.ClH/c1-5-13-6-8-14(9-7-13)17(2,3)12-19-16(20)15(18)10-11-21-4;/h6-9,15H,5,10-12,18H2,1-4H3,(H,19,20);1H/t15-;/m0./s1. The molecule has 3 nitrogen and oxygen atoms in total. The predicted molar refractivity (Wildman–Crippen MR) is 100 cm³/mol. The van der Waals surface area contributed by atoms with E-state index in [0.717, 1.165) is 18.6 Å². The lowest BCUT2D eigenvalue weighted by Gasteiger charge is -2.26. The Bertz CT molecular complexity index is 448. The number of halogens is 1. The molecule has 3 N–H and O–H groups in total. The Hall–Kier alpha value is -0.710. The van der Waals surface area contributed by atoms with Crippen molar-refractivity contribution in [1.82, 2.24) is 5.32 Å². The van der Waals surface area contributed by atoms with E-state index in [1.54, 1.807) is 11.8 Å². The number of carbonyl (C=O) groups is 1. The lowest BCUT2D eigenvalue weighted by Crippen LogP contribution is -2.45. The van der Waals surface area contributed by atoms with Crippen LogP contribution >= 0.6 is 24.2 Å². The number of aryl methyl sites for hydroxylation is 1. The van der Waals surface area contributed by atoms with E-state index >= 15 is 0 Å². The van der Waals surface area contributed by atoms with Gasteiger partial charge >= 0.3 is 0 Å². The highest BCUT2D eigenvalue weighted by atomic mass is 35.5. The van der Waals surface area contributed by atoms with Gasteiger partial charge in [0.05, 0.1) is 6.04 Å². The van der Waals surface area contributed by atoms with E-state index in [1.165, 1.54) is 11.1 Å². The van der Waals surface area contributed by atoms with E-state index in [-0.39, 0.29) is 23.7 Å². The van der Waals surface area contributed by atoms with Crippen molar-refractivity contribution in [3.63, 3.8) is 0 Å². The Morgan fingerprint density at radius 1 is 1.32 bits per heavy atom. The van der Waals surface area contributed by atoms with Gasteiger partial charge in [0, 0.05) is 12.0 Å². The number of amides is 1. The number of hydrogen-bond donors (Lipinski definition) is 2. The van der Waals surface area contributed by atoms with Crippen molar-refractivity contribution in [3.8, 4) is 0 Å². The number of nitrogens with two attached hydrogens (primary N) is 1. The zero-order valence-corrected chi connectivity index (χ0v) is 15.7. The topological polar surface area (TPSA) is 55.1 Å². The first-order valence-corrected chi connectivity index (χ1v) is 8.91. The van der Waals surface area contributed by atoms with Crippen LogP contribution in [0.3, 0.4) is 0 Å². The zero-order chi connectivity index (χ0) is 15.9. The molecule has 0 heterocycles. The summed E-state index contributed by atoms with van der Waals surface area (Å²) in [4.78, 5) is 12.0. The average Bonchev–Trinajstić information content (AvgIpc) is 2.50. The number of hydrogen-bond acceptors (Lipinski definition) is 3. The van der Waals surface area contributed by atoms with Crippen LogP contribution in [0.5, 0.6) is 0 Å². The molecule has 1 amide bonds. The molecular weight excluding hydrogens is 316 g/mol. The Morgan fingerprint density at radius 2 is 1.91 bits per heavy atom. The normalized spacial score (nSPS) is 12.4. The molecule has 0 bridgehead atoms. The molecule has 0 aromatic heterocycles. The van der Waals surface area contributed by atoms with Gasteiger partial charge in [-0.05, 0) is 36.0 Å². The van der Waals surface area contributed by atoms with Crippen LogP contribution in [0, 0.1) is 0 Å². The van der Waals surface area contributed by atoms with Crippen molar-refractivity contribution in [2.75, 3.05) is 18.6 Å². The first kappa shape index (κ1) is 21.3. The molecule has 1 rings (SSSR count). The molecule has 0 aliphatic rings. The van der Waals surface area contributed by atoms with Crippen LogP contribution in [0.25, 0.3) is 0 Å². The summed E-state index contributed by atoms with van der Waals surface area (Å²) in [5.74, 6) is 0.860. The summed E-state index contributed by atoms with van der Waals surface area (Å²) in [7, 11) is 0. The highest BCUT2D eigenvalue weighted by Crippen LogP contribution is 2.22. The minimum absolute atomic E-state index is 0. The van der Waals surface area contributed by atoms with E-state index in [9.17, 15) is 4.79 Å². The maximum absolute atomic E-state index is 12.0. The molecular formula is C17H29ClN2OS. The molecule has 22 heavy (non-hydrogen) atoms. The molecule has 1 aromatic carbocycles. The quantitative estimate of drug-likeness (QED) is 0.761. The van der Waals surface area contributed by atoms with Gasteiger partial charge in [-0.2, -0.15) is 11.8 Å². The number of benzene rings is 1. The van der Waals surface area contributed by atoms with E-state index in [2.05, 4.69) is 50.4 Å². The van der Waals surface area contributed by atoms with Crippen LogP contribution < -0.4 is 11.1 Å². The minimum atomic E-state index is -0.407. The molecule has 0 unspecified atom stereocenters. The lowest BCUT2D eigenvalue weighted by molar-refractivity contribution is -0.122. The molecule has 0 saturated heterocycles. The smallest absolute Gasteiger partial charge is 0.236 e. The third-order valence-electron chi connectivity index (χ3n) is 3.82. The van der Waals surface area contributed by atoms with Crippen LogP contribution in [0.2, 0.25) is 0 Å². The molecule has 0 aliphatic heterocycles. The molecule has 1 aromatic rings. The van der Waals surface area contributed by atoms with E-state index < -0.39 is 6.04 Å². The van der Waals surface area contributed by atoms with Crippen molar-refractivity contribution >= 4 is 30.1 Å². The Balaban J connectivity index is 0.00000441. The second-order valence-electron chi connectivity index (χ2n) is 6.04. The summed E-state index contributed by atoms with van der Waals surface area (Å²) in [6, 6.07) is 8.21. The van der Waals surface area contributed by atoms with Crippen LogP contribution in [-0.2, 0) is 16.6 Å². The van der Waals surface area contributed by atoms with Gasteiger partial charge in [0.15, 0.2) is 0 Å². The van der Waals surface area contributed by atoms with Gasteiger partial charge in [0.1, 0.15) is 0 Å². The van der Waals surface area contributed by atoms with Crippen molar-refractivity contribution in [2.24, 2.45) is 5.73 Å². The summed E-state index contributed by atoms with van der Waals surface area (Å²) in [5.41, 5.74) is 8.35. The molecule has 126 valence electrons. The molecule has 0 fully saturated rings. The number of rotatable bonds is 8. The van der Waals surface area contributed by atoms with Crippen LogP contribution in [0.15, 0.2) is 24.3 Å². The van der Waals surface area contributed by atoms with Gasteiger partial charge in [0.25, 0.3) is 0 Å².